The first-order valence-corrected chi connectivity index (χ1v) is 5.74. The molecule has 0 unspecified atom stereocenters. The summed E-state index contributed by atoms with van der Waals surface area (Å²) < 4.78 is 0. The van der Waals surface area contributed by atoms with E-state index in [0.29, 0.717) is 23.0 Å². The van der Waals surface area contributed by atoms with Crippen LogP contribution in [0.5, 0.6) is 0 Å². The van der Waals surface area contributed by atoms with Gasteiger partial charge in [-0.2, -0.15) is 0 Å². The lowest BCUT2D eigenvalue weighted by Crippen LogP contribution is -2.47. The topological polar surface area (TPSA) is 66.6 Å². The maximum Gasteiger partial charge on any atom is 0.273 e. The SMILES string of the molecule is O=[N+]([O-])c1ccc(Cl)cc1CN1CC(CO)C1. The number of benzene rings is 1. The number of halogens is 1. The van der Waals surface area contributed by atoms with Crippen molar-refractivity contribution in [2.45, 2.75) is 6.54 Å². The summed E-state index contributed by atoms with van der Waals surface area (Å²) in [6, 6.07) is 4.59. The Hall–Kier alpha value is -1.17. The molecule has 5 nitrogen and oxygen atoms in total. The fraction of sp³-hybridized carbons (Fsp3) is 0.455. The number of nitrogens with zero attached hydrogens (tertiary/aromatic N) is 2. The predicted octanol–water partition coefficient (Wildman–Crippen LogP) is 1.67. The lowest BCUT2D eigenvalue weighted by molar-refractivity contribution is -0.385. The molecule has 0 aromatic heterocycles. The highest BCUT2D eigenvalue weighted by atomic mass is 35.5. The number of aliphatic hydroxyl groups is 1. The van der Waals surface area contributed by atoms with Gasteiger partial charge in [0.1, 0.15) is 0 Å². The summed E-state index contributed by atoms with van der Waals surface area (Å²) in [6.45, 7) is 2.24. The zero-order valence-electron chi connectivity index (χ0n) is 9.17. The summed E-state index contributed by atoms with van der Waals surface area (Å²) in [4.78, 5) is 12.5. The van der Waals surface area contributed by atoms with E-state index in [2.05, 4.69) is 4.90 Å². The smallest absolute Gasteiger partial charge is 0.273 e. The van der Waals surface area contributed by atoms with Crippen molar-refractivity contribution >= 4 is 17.3 Å². The van der Waals surface area contributed by atoms with Gasteiger partial charge in [-0.25, -0.2) is 0 Å². The van der Waals surface area contributed by atoms with Crippen LogP contribution in [-0.4, -0.2) is 34.6 Å². The van der Waals surface area contributed by atoms with Crippen molar-refractivity contribution < 1.29 is 10.0 Å². The van der Waals surface area contributed by atoms with E-state index in [-0.39, 0.29) is 12.3 Å². The Labute approximate surface area is 104 Å². The molecule has 1 aromatic rings. The van der Waals surface area contributed by atoms with Crippen LogP contribution in [0.1, 0.15) is 5.56 Å². The number of likely N-dealkylation sites (tertiary alicyclic amines) is 1. The molecule has 0 atom stereocenters. The molecule has 0 aliphatic carbocycles. The van der Waals surface area contributed by atoms with E-state index in [1.165, 1.54) is 12.1 Å². The third-order valence-corrected chi connectivity index (χ3v) is 3.16. The highest BCUT2D eigenvalue weighted by Gasteiger charge is 2.27. The summed E-state index contributed by atoms with van der Waals surface area (Å²) in [7, 11) is 0. The molecule has 1 aromatic carbocycles. The van der Waals surface area contributed by atoms with Crippen LogP contribution in [-0.2, 0) is 6.54 Å². The molecule has 0 bridgehead atoms. The molecule has 1 fully saturated rings. The minimum Gasteiger partial charge on any atom is -0.396 e. The Morgan fingerprint density at radius 2 is 2.24 bits per heavy atom. The first-order valence-electron chi connectivity index (χ1n) is 5.36. The normalized spacial score (nSPS) is 16.8. The van der Waals surface area contributed by atoms with E-state index in [1.807, 2.05) is 0 Å². The van der Waals surface area contributed by atoms with Crippen molar-refractivity contribution in [3.63, 3.8) is 0 Å². The molecule has 1 aliphatic heterocycles. The van der Waals surface area contributed by atoms with E-state index in [1.54, 1.807) is 6.07 Å². The average molecular weight is 257 g/mol. The second-order valence-corrected chi connectivity index (χ2v) is 4.71. The lowest BCUT2D eigenvalue weighted by Gasteiger charge is -2.38. The van der Waals surface area contributed by atoms with Crippen LogP contribution in [0.4, 0.5) is 5.69 Å². The Morgan fingerprint density at radius 3 is 2.82 bits per heavy atom. The largest absolute Gasteiger partial charge is 0.396 e. The van der Waals surface area contributed by atoms with Gasteiger partial charge < -0.3 is 5.11 Å². The average Bonchev–Trinajstić information content (AvgIpc) is 2.22. The highest BCUT2D eigenvalue weighted by molar-refractivity contribution is 6.30. The van der Waals surface area contributed by atoms with Gasteiger partial charge >= 0.3 is 0 Å². The van der Waals surface area contributed by atoms with E-state index >= 15 is 0 Å². The number of nitro groups is 1. The standard InChI is InChI=1S/C11H13ClN2O3/c12-10-1-2-11(14(16)17)9(3-10)6-13-4-8(5-13)7-15/h1-3,8,15H,4-7H2. The summed E-state index contributed by atoms with van der Waals surface area (Å²) in [5.74, 6) is 0.299. The Balaban J connectivity index is 2.09. The van der Waals surface area contributed by atoms with Gasteiger partial charge in [-0.15, -0.1) is 0 Å². The fourth-order valence-corrected chi connectivity index (χ4v) is 2.22. The van der Waals surface area contributed by atoms with E-state index in [9.17, 15) is 10.1 Å². The third-order valence-electron chi connectivity index (χ3n) is 2.92. The second-order valence-electron chi connectivity index (χ2n) is 4.27. The summed E-state index contributed by atoms with van der Waals surface area (Å²) >= 11 is 5.84. The van der Waals surface area contributed by atoms with Crippen molar-refractivity contribution in [3.8, 4) is 0 Å². The maximum atomic E-state index is 10.8. The van der Waals surface area contributed by atoms with Crippen molar-refractivity contribution in [1.82, 2.24) is 4.90 Å². The van der Waals surface area contributed by atoms with Gasteiger partial charge in [0.25, 0.3) is 5.69 Å². The van der Waals surface area contributed by atoms with Crippen molar-refractivity contribution in [2.24, 2.45) is 5.92 Å². The maximum absolute atomic E-state index is 10.8. The predicted molar refractivity (Wildman–Crippen MR) is 64.0 cm³/mol. The van der Waals surface area contributed by atoms with E-state index < -0.39 is 4.92 Å². The first-order chi connectivity index (χ1) is 8.10. The Kier molecular flexibility index (Phi) is 3.61. The highest BCUT2D eigenvalue weighted by Crippen LogP contribution is 2.26. The second kappa shape index (κ2) is 5.00. The molecule has 0 amide bonds. The summed E-state index contributed by atoms with van der Waals surface area (Å²) in [5.41, 5.74) is 0.723. The summed E-state index contributed by atoms with van der Waals surface area (Å²) in [5, 5.41) is 20.3. The number of aliphatic hydroxyl groups excluding tert-OH is 1. The lowest BCUT2D eigenvalue weighted by atomic mass is 10.00. The third kappa shape index (κ3) is 2.74. The van der Waals surface area contributed by atoms with Gasteiger partial charge in [0.2, 0.25) is 0 Å². The minimum atomic E-state index is -0.394. The molecule has 92 valence electrons. The van der Waals surface area contributed by atoms with Gasteiger partial charge in [0.15, 0.2) is 0 Å². The number of rotatable bonds is 4. The van der Waals surface area contributed by atoms with Crippen LogP contribution in [0.3, 0.4) is 0 Å². The molecule has 2 rings (SSSR count). The number of hydrogen-bond acceptors (Lipinski definition) is 4. The molecular formula is C11H13ClN2O3. The fourth-order valence-electron chi connectivity index (χ4n) is 2.02. The van der Waals surface area contributed by atoms with Crippen LogP contribution in [0, 0.1) is 16.0 Å². The van der Waals surface area contributed by atoms with Crippen LogP contribution in [0.15, 0.2) is 18.2 Å². The van der Waals surface area contributed by atoms with Gasteiger partial charge in [0, 0.05) is 48.8 Å². The summed E-state index contributed by atoms with van der Waals surface area (Å²) in [6.07, 6.45) is 0. The molecular weight excluding hydrogens is 244 g/mol. The molecule has 1 saturated heterocycles. The number of nitro benzene ring substituents is 1. The molecule has 1 N–H and O–H groups in total. The monoisotopic (exact) mass is 256 g/mol. The van der Waals surface area contributed by atoms with Crippen molar-refractivity contribution in [3.05, 3.63) is 38.9 Å². The quantitative estimate of drug-likeness (QED) is 0.657. The molecule has 0 spiro atoms. The molecule has 6 heteroatoms. The first kappa shape index (κ1) is 12.3. The van der Waals surface area contributed by atoms with Crippen LogP contribution >= 0.6 is 11.6 Å². The van der Waals surface area contributed by atoms with Gasteiger partial charge in [-0.1, -0.05) is 11.6 Å². The zero-order chi connectivity index (χ0) is 12.4. The van der Waals surface area contributed by atoms with Gasteiger partial charge in [-0.3, -0.25) is 15.0 Å². The van der Waals surface area contributed by atoms with Crippen LogP contribution < -0.4 is 0 Å². The van der Waals surface area contributed by atoms with Crippen LogP contribution in [0.25, 0.3) is 0 Å². The number of hydrogen-bond donors (Lipinski definition) is 1. The van der Waals surface area contributed by atoms with E-state index in [4.69, 9.17) is 16.7 Å². The molecule has 17 heavy (non-hydrogen) atoms. The van der Waals surface area contributed by atoms with Crippen molar-refractivity contribution in [1.29, 1.82) is 0 Å². The molecule has 0 saturated carbocycles. The zero-order valence-corrected chi connectivity index (χ0v) is 9.93. The van der Waals surface area contributed by atoms with Gasteiger partial charge in [0.05, 0.1) is 4.92 Å². The Bertz CT molecular complexity index is 433. The molecule has 0 radical (unpaired) electrons. The van der Waals surface area contributed by atoms with E-state index in [0.717, 1.165) is 13.1 Å². The van der Waals surface area contributed by atoms with Crippen molar-refractivity contribution in [2.75, 3.05) is 19.7 Å². The minimum absolute atomic E-state index is 0.0989. The molecule has 1 heterocycles. The molecule has 1 aliphatic rings. The Morgan fingerprint density at radius 1 is 1.53 bits per heavy atom. The van der Waals surface area contributed by atoms with Crippen LogP contribution in [0.2, 0.25) is 5.02 Å². The van der Waals surface area contributed by atoms with Gasteiger partial charge in [-0.05, 0) is 12.1 Å².